The number of hydrogen-bond donors (Lipinski definition) is 1. The molecule has 1 saturated heterocycles. The second-order valence-corrected chi connectivity index (χ2v) is 5.68. The van der Waals surface area contributed by atoms with Crippen molar-refractivity contribution >= 4 is 0 Å². The minimum absolute atomic E-state index is 0.369. The van der Waals surface area contributed by atoms with Gasteiger partial charge in [-0.15, -0.1) is 0 Å². The summed E-state index contributed by atoms with van der Waals surface area (Å²) in [7, 11) is 1.86. The molecule has 0 aromatic carbocycles. The van der Waals surface area contributed by atoms with Gasteiger partial charge in [-0.25, -0.2) is 0 Å². The van der Waals surface area contributed by atoms with Gasteiger partial charge in [-0.05, 0) is 59.2 Å². The van der Waals surface area contributed by atoms with Crippen LogP contribution in [0.15, 0.2) is 0 Å². The maximum absolute atomic E-state index is 9.09. The van der Waals surface area contributed by atoms with Gasteiger partial charge in [-0.1, -0.05) is 6.92 Å². The summed E-state index contributed by atoms with van der Waals surface area (Å²) in [6.07, 6.45) is 6.03. The fraction of sp³-hybridized carbons (Fsp3) is 0.933. The summed E-state index contributed by atoms with van der Waals surface area (Å²) in [5.74, 6) is 0. The predicted molar refractivity (Wildman–Crippen MR) is 78.0 cm³/mol. The molecule has 0 aromatic heterocycles. The number of nitrogens with zero attached hydrogens (tertiary/aromatic N) is 2. The molecular weight excluding hydrogens is 238 g/mol. The summed E-state index contributed by atoms with van der Waals surface area (Å²) >= 11 is 0. The monoisotopic (exact) mass is 267 g/mol. The zero-order valence-corrected chi connectivity index (χ0v) is 12.7. The Balaban J connectivity index is 2.17. The lowest BCUT2D eigenvalue weighted by Crippen LogP contribution is -2.38. The molecule has 1 fully saturated rings. The van der Waals surface area contributed by atoms with E-state index < -0.39 is 0 Å². The van der Waals surface area contributed by atoms with Crippen molar-refractivity contribution in [1.82, 2.24) is 10.2 Å². The Morgan fingerprint density at radius 3 is 2.79 bits per heavy atom. The standard InChI is InChI=1S/C15H29N3O/c1-4-18(12-14-8-7-11-19-14)10-6-5-9-15(2,13-16)17-3/h14,17H,4-12H2,1-3H3. The third-order valence-electron chi connectivity index (χ3n) is 4.13. The van der Waals surface area contributed by atoms with E-state index in [1.165, 1.54) is 12.8 Å². The van der Waals surface area contributed by atoms with Crippen LogP contribution in [0.5, 0.6) is 0 Å². The molecule has 0 bridgehead atoms. The molecule has 0 aliphatic carbocycles. The van der Waals surface area contributed by atoms with Gasteiger partial charge in [0.15, 0.2) is 0 Å². The van der Waals surface area contributed by atoms with Crippen LogP contribution in [0.3, 0.4) is 0 Å². The zero-order valence-electron chi connectivity index (χ0n) is 12.7. The quantitative estimate of drug-likeness (QED) is 0.650. The minimum Gasteiger partial charge on any atom is -0.377 e. The molecule has 2 unspecified atom stereocenters. The van der Waals surface area contributed by atoms with Gasteiger partial charge < -0.3 is 15.0 Å². The van der Waals surface area contributed by atoms with Gasteiger partial charge in [0.1, 0.15) is 5.54 Å². The van der Waals surface area contributed by atoms with Gasteiger partial charge >= 0.3 is 0 Å². The number of ether oxygens (including phenoxy) is 1. The average molecular weight is 267 g/mol. The number of nitrogens with one attached hydrogen (secondary N) is 1. The van der Waals surface area contributed by atoms with E-state index in [9.17, 15) is 0 Å². The van der Waals surface area contributed by atoms with E-state index in [1.807, 2.05) is 14.0 Å². The number of hydrogen-bond acceptors (Lipinski definition) is 4. The number of likely N-dealkylation sites (N-methyl/N-ethyl adjacent to an activating group) is 1. The lowest BCUT2D eigenvalue weighted by Gasteiger charge is -2.25. The van der Waals surface area contributed by atoms with Gasteiger partial charge in [0.2, 0.25) is 0 Å². The van der Waals surface area contributed by atoms with Gasteiger partial charge in [-0.2, -0.15) is 5.26 Å². The number of nitriles is 1. The minimum atomic E-state index is -0.369. The highest BCUT2D eigenvalue weighted by Gasteiger charge is 2.21. The highest BCUT2D eigenvalue weighted by atomic mass is 16.5. The van der Waals surface area contributed by atoms with E-state index in [1.54, 1.807) is 0 Å². The predicted octanol–water partition coefficient (Wildman–Crippen LogP) is 2.16. The Bertz CT molecular complexity index is 284. The molecular formula is C15H29N3O. The van der Waals surface area contributed by atoms with Crippen LogP contribution >= 0.6 is 0 Å². The maximum atomic E-state index is 9.09. The van der Waals surface area contributed by atoms with Crippen LogP contribution in [0.25, 0.3) is 0 Å². The van der Waals surface area contributed by atoms with E-state index in [4.69, 9.17) is 10.00 Å². The van der Waals surface area contributed by atoms with Gasteiger partial charge in [-0.3, -0.25) is 0 Å². The van der Waals surface area contributed by atoms with E-state index in [0.717, 1.165) is 45.5 Å². The molecule has 4 heteroatoms. The molecule has 2 atom stereocenters. The third kappa shape index (κ3) is 5.90. The molecule has 0 saturated carbocycles. The lowest BCUT2D eigenvalue weighted by molar-refractivity contribution is 0.0741. The molecule has 0 radical (unpaired) electrons. The smallest absolute Gasteiger partial charge is 0.103 e. The van der Waals surface area contributed by atoms with Crippen LogP contribution in [-0.4, -0.2) is 49.8 Å². The zero-order chi connectivity index (χ0) is 14.1. The summed E-state index contributed by atoms with van der Waals surface area (Å²) in [4.78, 5) is 2.47. The van der Waals surface area contributed by atoms with Gasteiger partial charge in [0.05, 0.1) is 12.2 Å². The molecule has 1 heterocycles. The van der Waals surface area contributed by atoms with Crippen molar-refractivity contribution in [2.45, 2.75) is 57.6 Å². The molecule has 0 spiro atoms. The summed E-state index contributed by atoms with van der Waals surface area (Å²) in [6, 6.07) is 2.34. The van der Waals surface area contributed by atoms with E-state index in [2.05, 4.69) is 23.2 Å². The van der Waals surface area contributed by atoms with Crippen molar-refractivity contribution in [3.8, 4) is 6.07 Å². The van der Waals surface area contributed by atoms with Crippen molar-refractivity contribution in [3.05, 3.63) is 0 Å². The average Bonchev–Trinajstić information content (AvgIpc) is 2.94. The molecule has 4 nitrogen and oxygen atoms in total. The number of rotatable bonds is 9. The Morgan fingerprint density at radius 2 is 2.26 bits per heavy atom. The molecule has 110 valence electrons. The third-order valence-corrected chi connectivity index (χ3v) is 4.13. The molecule has 1 aliphatic rings. The molecule has 1 N–H and O–H groups in total. The summed E-state index contributed by atoms with van der Waals surface area (Å²) in [5, 5.41) is 12.2. The first kappa shape index (κ1) is 16.4. The van der Waals surface area contributed by atoms with Crippen LogP contribution in [0.4, 0.5) is 0 Å². The molecule has 1 rings (SSSR count). The highest BCUT2D eigenvalue weighted by molar-refractivity contribution is 5.02. The Morgan fingerprint density at radius 1 is 1.47 bits per heavy atom. The Hall–Kier alpha value is -0.630. The van der Waals surface area contributed by atoms with E-state index in [-0.39, 0.29) is 5.54 Å². The second kappa shape index (κ2) is 8.52. The first-order valence-corrected chi connectivity index (χ1v) is 7.57. The summed E-state index contributed by atoms with van der Waals surface area (Å²) in [5.41, 5.74) is -0.369. The van der Waals surface area contributed by atoms with E-state index in [0.29, 0.717) is 6.10 Å². The van der Waals surface area contributed by atoms with Crippen molar-refractivity contribution in [2.75, 3.05) is 33.3 Å². The van der Waals surface area contributed by atoms with Crippen LogP contribution in [0, 0.1) is 11.3 Å². The Kier molecular flexibility index (Phi) is 7.37. The fourth-order valence-corrected chi connectivity index (χ4v) is 2.51. The fourth-order valence-electron chi connectivity index (χ4n) is 2.51. The first-order valence-electron chi connectivity index (χ1n) is 7.57. The van der Waals surface area contributed by atoms with Crippen LogP contribution in [0.2, 0.25) is 0 Å². The molecule has 0 aromatic rings. The van der Waals surface area contributed by atoms with Gasteiger partial charge in [0, 0.05) is 13.2 Å². The first-order chi connectivity index (χ1) is 9.13. The molecule has 0 amide bonds. The topological polar surface area (TPSA) is 48.3 Å². The van der Waals surface area contributed by atoms with Crippen molar-refractivity contribution in [3.63, 3.8) is 0 Å². The normalized spacial score (nSPS) is 22.4. The molecule has 1 aliphatic heterocycles. The largest absolute Gasteiger partial charge is 0.377 e. The van der Waals surface area contributed by atoms with Crippen LogP contribution in [-0.2, 0) is 4.74 Å². The SMILES string of the molecule is CCN(CCCCC(C)(C#N)NC)CC1CCCO1. The number of unbranched alkanes of at least 4 members (excludes halogenated alkanes) is 1. The maximum Gasteiger partial charge on any atom is 0.103 e. The van der Waals surface area contributed by atoms with Crippen LogP contribution < -0.4 is 5.32 Å². The van der Waals surface area contributed by atoms with Gasteiger partial charge in [0.25, 0.3) is 0 Å². The highest BCUT2D eigenvalue weighted by Crippen LogP contribution is 2.15. The molecule has 19 heavy (non-hydrogen) atoms. The second-order valence-electron chi connectivity index (χ2n) is 5.68. The van der Waals surface area contributed by atoms with Crippen molar-refractivity contribution < 1.29 is 4.74 Å². The van der Waals surface area contributed by atoms with E-state index >= 15 is 0 Å². The summed E-state index contributed by atoms with van der Waals surface area (Å²) < 4.78 is 5.69. The Labute approximate surface area is 118 Å². The summed E-state index contributed by atoms with van der Waals surface area (Å²) in [6.45, 7) is 8.38. The lowest BCUT2D eigenvalue weighted by atomic mass is 9.97. The van der Waals surface area contributed by atoms with Crippen molar-refractivity contribution in [2.24, 2.45) is 0 Å². The van der Waals surface area contributed by atoms with Crippen LogP contribution in [0.1, 0.15) is 46.0 Å². The van der Waals surface area contributed by atoms with Crippen molar-refractivity contribution in [1.29, 1.82) is 5.26 Å².